The summed E-state index contributed by atoms with van der Waals surface area (Å²) in [6.45, 7) is 3.95. The van der Waals surface area contributed by atoms with Gasteiger partial charge in [0.05, 0.1) is 6.54 Å². The van der Waals surface area contributed by atoms with Crippen LogP contribution in [0.2, 0.25) is 0 Å². The van der Waals surface area contributed by atoms with Crippen molar-refractivity contribution in [2.24, 2.45) is 4.99 Å². The average molecular weight is 236 g/mol. The van der Waals surface area contributed by atoms with Crippen molar-refractivity contribution >= 4 is 5.84 Å². The molecule has 0 amide bonds. The third-order valence-corrected chi connectivity index (χ3v) is 1.91. The number of hydrogen-bond donors (Lipinski definition) is 1. The van der Waals surface area contributed by atoms with Crippen molar-refractivity contribution in [2.45, 2.75) is 26.4 Å². The molecule has 0 atom stereocenters. The molecule has 0 bridgehead atoms. The molecule has 0 unspecified atom stereocenters. The fourth-order valence-electron chi connectivity index (χ4n) is 1.28. The van der Waals surface area contributed by atoms with E-state index in [1.165, 1.54) is 0 Å². The Morgan fingerprint density at radius 3 is 2.94 bits per heavy atom. The van der Waals surface area contributed by atoms with Gasteiger partial charge in [-0.1, -0.05) is 6.07 Å². The van der Waals surface area contributed by atoms with Crippen LogP contribution in [0.4, 0.5) is 0 Å². The lowest BCUT2D eigenvalue weighted by molar-refractivity contribution is -0.463. The Bertz CT molecular complexity index is 390. The molecule has 1 heterocycles. The van der Waals surface area contributed by atoms with Gasteiger partial charge in [0.2, 0.25) is 0 Å². The summed E-state index contributed by atoms with van der Waals surface area (Å²) in [5.74, 6) is 0.397. The Balaban J connectivity index is 2.65. The van der Waals surface area contributed by atoms with Crippen LogP contribution in [0.3, 0.4) is 0 Å². The van der Waals surface area contributed by atoms with E-state index in [0.29, 0.717) is 12.4 Å². The second-order valence-corrected chi connectivity index (χ2v) is 3.91. The summed E-state index contributed by atoms with van der Waals surface area (Å²) in [6.07, 6.45) is 3.38. The average Bonchev–Trinajstić information content (AvgIpc) is 2.26. The third kappa shape index (κ3) is 5.60. The van der Waals surface area contributed by atoms with Crippen molar-refractivity contribution in [3.8, 4) is 0 Å². The standard InChI is InChI=1S/C11H16N4O2/c1-9(2)14-11(8-15(16)17)13-7-10-4-3-5-12-6-10/h3-6,9H,7-8H2,1-2H3,(H,13,14). The van der Waals surface area contributed by atoms with E-state index in [1.807, 2.05) is 26.0 Å². The fourth-order valence-corrected chi connectivity index (χ4v) is 1.28. The number of aliphatic imine (C=N–C) groups is 1. The highest BCUT2D eigenvalue weighted by Crippen LogP contribution is 1.98. The van der Waals surface area contributed by atoms with E-state index < -0.39 is 4.92 Å². The van der Waals surface area contributed by atoms with Gasteiger partial charge < -0.3 is 5.32 Å². The lowest BCUT2D eigenvalue weighted by atomic mass is 10.3. The molecule has 0 aliphatic carbocycles. The van der Waals surface area contributed by atoms with Gasteiger partial charge >= 0.3 is 0 Å². The van der Waals surface area contributed by atoms with Crippen LogP contribution in [0.5, 0.6) is 0 Å². The maximum atomic E-state index is 10.5. The number of hydrogen-bond acceptors (Lipinski definition) is 4. The van der Waals surface area contributed by atoms with E-state index in [2.05, 4.69) is 15.3 Å². The van der Waals surface area contributed by atoms with Crippen LogP contribution in [0.1, 0.15) is 19.4 Å². The molecule has 1 aromatic rings. The first-order valence-electron chi connectivity index (χ1n) is 5.38. The van der Waals surface area contributed by atoms with Crippen LogP contribution in [-0.4, -0.2) is 28.3 Å². The van der Waals surface area contributed by atoms with Crippen LogP contribution in [0.15, 0.2) is 29.5 Å². The molecule has 1 rings (SSSR count). The number of amidine groups is 1. The molecule has 0 saturated carbocycles. The minimum Gasteiger partial charge on any atom is -0.366 e. The second kappa shape index (κ2) is 6.57. The molecule has 1 aromatic heterocycles. The number of nitrogens with one attached hydrogen (secondary N) is 1. The van der Waals surface area contributed by atoms with Gasteiger partial charge in [0.15, 0.2) is 5.84 Å². The van der Waals surface area contributed by atoms with Crippen LogP contribution < -0.4 is 5.32 Å². The van der Waals surface area contributed by atoms with Crippen molar-refractivity contribution in [2.75, 3.05) is 6.54 Å². The molecule has 0 saturated heterocycles. The molecule has 6 heteroatoms. The van der Waals surface area contributed by atoms with Gasteiger partial charge in [-0.3, -0.25) is 20.1 Å². The number of aromatic nitrogens is 1. The van der Waals surface area contributed by atoms with Gasteiger partial charge in [-0.25, -0.2) is 0 Å². The number of pyridine rings is 1. The smallest absolute Gasteiger partial charge is 0.259 e. The molecule has 17 heavy (non-hydrogen) atoms. The van der Waals surface area contributed by atoms with Crippen molar-refractivity contribution in [3.05, 3.63) is 40.2 Å². The van der Waals surface area contributed by atoms with Crippen LogP contribution in [0, 0.1) is 10.1 Å². The van der Waals surface area contributed by atoms with Crippen molar-refractivity contribution in [3.63, 3.8) is 0 Å². The summed E-state index contributed by atoms with van der Waals surface area (Å²) < 4.78 is 0. The second-order valence-electron chi connectivity index (χ2n) is 3.91. The minimum absolute atomic E-state index is 0.127. The van der Waals surface area contributed by atoms with Gasteiger partial charge in [0.25, 0.3) is 6.54 Å². The van der Waals surface area contributed by atoms with Crippen LogP contribution >= 0.6 is 0 Å². The first-order valence-corrected chi connectivity index (χ1v) is 5.38. The number of nitro groups is 1. The van der Waals surface area contributed by atoms with E-state index in [4.69, 9.17) is 0 Å². The Morgan fingerprint density at radius 1 is 1.65 bits per heavy atom. The van der Waals surface area contributed by atoms with E-state index in [9.17, 15) is 10.1 Å². The van der Waals surface area contributed by atoms with Gasteiger partial charge in [-0.15, -0.1) is 0 Å². The number of rotatable bonds is 5. The van der Waals surface area contributed by atoms with Gasteiger partial charge in [0.1, 0.15) is 0 Å². The zero-order valence-corrected chi connectivity index (χ0v) is 9.96. The van der Waals surface area contributed by atoms with E-state index in [1.54, 1.807) is 12.4 Å². The highest BCUT2D eigenvalue weighted by Gasteiger charge is 2.08. The molecule has 92 valence electrons. The van der Waals surface area contributed by atoms with E-state index in [-0.39, 0.29) is 12.6 Å². The Labute approximate surface area is 99.9 Å². The zero-order chi connectivity index (χ0) is 12.7. The Morgan fingerprint density at radius 2 is 2.41 bits per heavy atom. The highest BCUT2D eigenvalue weighted by atomic mass is 16.6. The minimum atomic E-state index is -0.391. The number of nitrogens with zero attached hydrogens (tertiary/aromatic N) is 3. The summed E-state index contributed by atoms with van der Waals surface area (Å²) in [4.78, 5) is 18.2. The molecule has 0 spiro atoms. The van der Waals surface area contributed by atoms with Crippen molar-refractivity contribution in [1.82, 2.24) is 10.3 Å². The molecule has 0 aliphatic heterocycles. The van der Waals surface area contributed by atoms with Crippen molar-refractivity contribution in [1.29, 1.82) is 0 Å². The Kier molecular flexibility index (Phi) is 5.06. The molecule has 6 nitrogen and oxygen atoms in total. The fraction of sp³-hybridized carbons (Fsp3) is 0.455. The topological polar surface area (TPSA) is 80.4 Å². The molecule has 0 radical (unpaired) electrons. The van der Waals surface area contributed by atoms with Gasteiger partial charge in [-0.2, -0.15) is 0 Å². The third-order valence-electron chi connectivity index (χ3n) is 1.91. The first-order chi connectivity index (χ1) is 8.08. The van der Waals surface area contributed by atoms with Gasteiger partial charge in [0, 0.05) is 23.4 Å². The summed E-state index contributed by atoms with van der Waals surface area (Å²) in [6, 6.07) is 3.83. The monoisotopic (exact) mass is 236 g/mol. The maximum absolute atomic E-state index is 10.5. The first kappa shape index (κ1) is 13.1. The maximum Gasteiger partial charge on any atom is 0.259 e. The highest BCUT2D eigenvalue weighted by molar-refractivity contribution is 5.83. The predicted molar refractivity (Wildman–Crippen MR) is 65.5 cm³/mol. The zero-order valence-electron chi connectivity index (χ0n) is 9.96. The van der Waals surface area contributed by atoms with E-state index in [0.717, 1.165) is 5.56 Å². The van der Waals surface area contributed by atoms with E-state index >= 15 is 0 Å². The quantitative estimate of drug-likeness (QED) is 0.361. The van der Waals surface area contributed by atoms with Gasteiger partial charge in [-0.05, 0) is 25.5 Å². The normalized spacial score (nSPS) is 11.6. The van der Waals surface area contributed by atoms with Crippen molar-refractivity contribution < 1.29 is 4.92 Å². The molecule has 0 aliphatic rings. The predicted octanol–water partition coefficient (Wildman–Crippen LogP) is 1.25. The Hall–Kier alpha value is -1.98. The molecule has 1 N–H and O–H groups in total. The summed E-state index contributed by atoms with van der Waals surface area (Å²) >= 11 is 0. The molecule has 0 aromatic carbocycles. The summed E-state index contributed by atoms with van der Waals surface area (Å²) in [5.41, 5.74) is 0.930. The summed E-state index contributed by atoms with van der Waals surface area (Å²) in [5, 5.41) is 13.4. The SMILES string of the molecule is CC(C)NC(C[N+](=O)[O-])=NCc1cccnc1. The largest absolute Gasteiger partial charge is 0.366 e. The summed E-state index contributed by atoms with van der Waals surface area (Å²) in [7, 11) is 0. The van der Waals surface area contributed by atoms with Crippen LogP contribution in [0.25, 0.3) is 0 Å². The molecular formula is C11H16N4O2. The molecule has 0 fully saturated rings. The van der Waals surface area contributed by atoms with Crippen LogP contribution in [-0.2, 0) is 6.54 Å². The lowest BCUT2D eigenvalue weighted by Gasteiger charge is -2.09. The molecular weight excluding hydrogens is 220 g/mol. The lowest BCUT2D eigenvalue weighted by Crippen LogP contribution is -2.35.